The Morgan fingerprint density at radius 1 is 1.35 bits per heavy atom. The lowest BCUT2D eigenvalue weighted by molar-refractivity contribution is -0.117. The first kappa shape index (κ1) is 19.4. The second kappa shape index (κ2) is 8.86. The molecule has 0 unspecified atom stereocenters. The maximum atomic E-state index is 12.0. The van der Waals surface area contributed by atoms with Gasteiger partial charge in [-0.15, -0.1) is 24.8 Å². The van der Waals surface area contributed by atoms with E-state index < -0.39 is 0 Å². The summed E-state index contributed by atoms with van der Waals surface area (Å²) in [6, 6.07) is 3.85. The molecule has 2 aromatic heterocycles. The molecule has 3 N–H and O–H groups in total. The van der Waals surface area contributed by atoms with E-state index in [0.29, 0.717) is 18.0 Å². The fourth-order valence-corrected chi connectivity index (χ4v) is 2.78. The number of anilines is 1. The number of amides is 1. The fraction of sp³-hybridized carbons (Fsp3) is 0.400. The summed E-state index contributed by atoms with van der Waals surface area (Å²) in [6.45, 7) is 0. The van der Waals surface area contributed by atoms with Gasteiger partial charge < -0.3 is 11.1 Å². The predicted molar refractivity (Wildman–Crippen MR) is 94.4 cm³/mol. The van der Waals surface area contributed by atoms with Crippen molar-refractivity contribution in [3.63, 3.8) is 0 Å². The van der Waals surface area contributed by atoms with Crippen LogP contribution in [0.4, 0.5) is 5.69 Å². The molecule has 3 rings (SSSR count). The van der Waals surface area contributed by atoms with Crippen LogP contribution in [0, 0.1) is 5.92 Å². The number of hydrogen-bond donors (Lipinski definition) is 2. The van der Waals surface area contributed by atoms with Gasteiger partial charge in [-0.3, -0.25) is 9.36 Å². The molecule has 0 aromatic carbocycles. The van der Waals surface area contributed by atoms with Crippen molar-refractivity contribution in [1.82, 2.24) is 14.5 Å². The molecular formula is C15H21Cl2N5O. The number of carbonyl (C=O) groups excluding carboxylic acids is 1. The Morgan fingerprint density at radius 3 is 2.74 bits per heavy atom. The molecule has 0 bridgehead atoms. The first-order valence-corrected chi connectivity index (χ1v) is 7.22. The van der Waals surface area contributed by atoms with Crippen molar-refractivity contribution in [2.45, 2.75) is 31.7 Å². The van der Waals surface area contributed by atoms with Crippen molar-refractivity contribution in [1.29, 1.82) is 0 Å². The van der Waals surface area contributed by atoms with Crippen molar-refractivity contribution in [3.8, 4) is 5.82 Å². The Hall–Kier alpha value is -1.63. The second-order valence-corrected chi connectivity index (χ2v) is 5.48. The minimum absolute atomic E-state index is 0. The minimum Gasteiger partial charge on any atom is -0.327 e. The number of nitrogens with zero attached hydrogens (tertiary/aromatic N) is 3. The van der Waals surface area contributed by atoms with Crippen molar-refractivity contribution in [2.75, 3.05) is 5.32 Å². The summed E-state index contributed by atoms with van der Waals surface area (Å²) in [4.78, 5) is 20.3. The summed E-state index contributed by atoms with van der Waals surface area (Å²) in [5.74, 6) is 1.08. The van der Waals surface area contributed by atoms with Crippen LogP contribution in [-0.4, -0.2) is 26.5 Å². The molecular weight excluding hydrogens is 337 g/mol. The van der Waals surface area contributed by atoms with Gasteiger partial charge in [0.15, 0.2) is 0 Å². The van der Waals surface area contributed by atoms with E-state index in [4.69, 9.17) is 5.73 Å². The Kier molecular flexibility index (Phi) is 7.48. The molecule has 8 heteroatoms. The number of aromatic nitrogens is 3. The second-order valence-electron chi connectivity index (χ2n) is 5.48. The number of carbonyl (C=O) groups is 1. The Balaban J connectivity index is 0.00000132. The van der Waals surface area contributed by atoms with E-state index in [9.17, 15) is 4.79 Å². The Morgan fingerprint density at radius 2 is 2.17 bits per heavy atom. The molecule has 1 amide bonds. The minimum atomic E-state index is 0. The van der Waals surface area contributed by atoms with E-state index in [1.165, 1.54) is 0 Å². The van der Waals surface area contributed by atoms with Gasteiger partial charge in [-0.05, 0) is 30.9 Å². The lowest BCUT2D eigenvalue weighted by atomic mass is 10.00. The van der Waals surface area contributed by atoms with Crippen molar-refractivity contribution >= 4 is 36.4 Å². The van der Waals surface area contributed by atoms with E-state index in [1.54, 1.807) is 18.7 Å². The van der Waals surface area contributed by atoms with Gasteiger partial charge >= 0.3 is 0 Å². The molecule has 0 spiro atoms. The van der Waals surface area contributed by atoms with Gasteiger partial charge in [0.2, 0.25) is 5.91 Å². The highest BCUT2D eigenvalue weighted by atomic mass is 35.5. The van der Waals surface area contributed by atoms with Gasteiger partial charge in [-0.1, -0.05) is 6.42 Å². The van der Waals surface area contributed by atoms with Crippen LogP contribution < -0.4 is 11.1 Å². The monoisotopic (exact) mass is 357 g/mol. The maximum Gasteiger partial charge on any atom is 0.224 e. The lowest BCUT2D eigenvalue weighted by Gasteiger charge is -2.14. The first-order chi connectivity index (χ1) is 10.2. The normalized spacial score (nSPS) is 19.5. The van der Waals surface area contributed by atoms with Crippen LogP contribution in [0.1, 0.15) is 25.7 Å². The topological polar surface area (TPSA) is 85.8 Å². The first-order valence-electron chi connectivity index (χ1n) is 7.22. The number of nitrogens with one attached hydrogen (secondary N) is 1. The predicted octanol–water partition coefficient (Wildman–Crippen LogP) is 2.57. The van der Waals surface area contributed by atoms with Gasteiger partial charge in [0.1, 0.15) is 12.1 Å². The van der Waals surface area contributed by atoms with E-state index in [2.05, 4.69) is 15.3 Å². The SMILES string of the molecule is Cl.Cl.N[C@@H]1CCC[C@H]1CC(=O)Nc1ccc(-n2ccnc2)nc1. The van der Waals surface area contributed by atoms with Gasteiger partial charge in [-0.25, -0.2) is 9.97 Å². The molecule has 126 valence electrons. The zero-order chi connectivity index (χ0) is 14.7. The standard InChI is InChI=1S/C15H19N5O.2ClH/c16-13-3-1-2-11(13)8-15(21)19-12-4-5-14(18-9-12)20-7-6-17-10-20;;/h4-7,9-11,13H,1-3,8,16H2,(H,19,21);2*1H/t11-,13+;;/m0../s1. The smallest absolute Gasteiger partial charge is 0.224 e. The van der Waals surface area contributed by atoms with Gasteiger partial charge in [0.25, 0.3) is 0 Å². The van der Waals surface area contributed by atoms with E-state index in [1.807, 2.05) is 22.9 Å². The summed E-state index contributed by atoms with van der Waals surface area (Å²) >= 11 is 0. The number of pyridine rings is 1. The molecule has 1 fully saturated rings. The maximum absolute atomic E-state index is 12.0. The third kappa shape index (κ3) is 4.92. The Bertz CT molecular complexity index is 603. The highest BCUT2D eigenvalue weighted by Crippen LogP contribution is 2.27. The summed E-state index contributed by atoms with van der Waals surface area (Å²) < 4.78 is 1.81. The molecule has 0 radical (unpaired) electrons. The van der Waals surface area contributed by atoms with Crippen LogP contribution in [0.3, 0.4) is 0 Å². The van der Waals surface area contributed by atoms with E-state index in [-0.39, 0.29) is 36.8 Å². The van der Waals surface area contributed by atoms with Crippen molar-refractivity contribution in [3.05, 3.63) is 37.1 Å². The number of imidazole rings is 1. The number of nitrogens with two attached hydrogens (primary N) is 1. The third-order valence-electron chi connectivity index (χ3n) is 3.97. The molecule has 1 aliphatic carbocycles. The molecule has 0 saturated heterocycles. The van der Waals surface area contributed by atoms with Gasteiger partial charge in [0.05, 0.1) is 11.9 Å². The van der Waals surface area contributed by atoms with Crippen LogP contribution in [0.15, 0.2) is 37.1 Å². The highest BCUT2D eigenvalue weighted by molar-refractivity contribution is 5.90. The summed E-state index contributed by atoms with van der Waals surface area (Å²) in [7, 11) is 0. The molecule has 2 aromatic rings. The van der Waals surface area contributed by atoms with E-state index in [0.717, 1.165) is 25.1 Å². The number of hydrogen-bond acceptors (Lipinski definition) is 4. The van der Waals surface area contributed by atoms with Crippen molar-refractivity contribution in [2.24, 2.45) is 11.7 Å². The largest absolute Gasteiger partial charge is 0.327 e. The van der Waals surface area contributed by atoms with Crippen LogP contribution in [0.25, 0.3) is 5.82 Å². The summed E-state index contributed by atoms with van der Waals surface area (Å²) in [5.41, 5.74) is 6.70. The van der Waals surface area contributed by atoms with Gasteiger partial charge in [-0.2, -0.15) is 0 Å². The van der Waals surface area contributed by atoms with Crippen LogP contribution in [0.2, 0.25) is 0 Å². The average Bonchev–Trinajstić information content (AvgIpc) is 3.12. The van der Waals surface area contributed by atoms with Crippen molar-refractivity contribution < 1.29 is 4.79 Å². The zero-order valence-electron chi connectivity index (χ0n) is 12.6. The molecule has 0 aliphatic heterocycles. The quantitative estimate of drug-likeness (QED) is 0.880. The molecule has 2 heterocycles. The molecule has 2 atom stereocenters. The third-order valence-corrected chi connectivity index (χ3v) is 3.97. The Labute approximate surface area is 147 Å². The molecule has 1 aliphatic rings. The van der Waals surface area contributed by atoms with Gasteiger partial charge in [0, 0.05) is 24.9 Å². The van der Waals surface area contributed by atoms with Crippen LogP contribution >= 0.6 is 24.8 Å². The number of rotatable bonds is 4. The summed E-state index contributed by atoms with van der Waals surface area (Å²) in [5, 5.41) is 2.88. The fourth-order valence-electron chi connectivity index (χ4n) is 2.78. The summed E-state index contributed by atoms with van der Waals surface area (Å²) in [6.07, 6.45) is 10.5. The average molecular weight is 358 g/mol. The molecule has 23 heavy (non-hydrogen) atoms. The van der Waals surface area contributed by atoms with Crippen LogP contribution in [-0.2, 0) is 4.79 Å². The molecule has 1 saturated carbocycles. The number of halogens is 2. The van der Waals surface area contributed by atoms with E-state index >= 15 is 0 Å². The molecule has 6 nitrogen and oxygen atoms in total. The highest BCUT2D eigenvalue weighted by Gasteiger charge is 2.25. The zero-order valence-corrected chi connectivity index (χ0v) is 14.2. The van der Waals surface area contributed by atoms with Crippen LogP contribution in [0.5, 0.6) is 0 Å². The lowest BCUT2D eigenvalue weighted by Crippen LogP contribution is -2.28.